The highest BCUT2D eigenvalue weighted by atomic mass is 32.2. The molecule has 2 heterocycles. The zero-order valence-electron chi connectivity index (χ0n) is 20.2. The van der Waals surface area contributed by atoms with Gasteiger partial charge in [0.05, 0.1) is 19.1 Å². The Morgan fingerprint density at radius 1 is 0.886 bits per heavy atom. The molecule has 0 atom stereocenters. The van der Waals surface area contributed by atoms with Crippen LogP contribution >= 0.6 is 0 Å². The van der Waals surface area contributed by atoms with Crippen LogP contribution in [0.2, 0.25) is 0 Å². The Bertz CT molecular complexity index is 1480. The fraction of sp³-hybridized carbons (Fsp3) is 0.292. The van der Waals surface area contributed by atoms with Crippen LogP contribution in [0.1, 0.15) is 16.7 Å². The lowest BCUT2D eigenvalue weighted by molar-refractivity contribution is 0.306. The van der Waals surface area contributed by atoms with Gasteiger partial charge in [-0.2, -0.15) is 4.52 Å². The van der Waals surface area contributed by atoms with Gasteiger partial charge in [-0.15, -0.1) is 15.3 Å². The van der Waals surface area contributed by atoms with Gasteiger partial charge in [-0.25, -0.2) is 13.1 Å². The lowest BCUT2D eigenvalue weighted by Crippen LogP contribution is -2.29. The summed E-state index contributed by atoms with van der Waals surface area (Å²) in [4.78, 5) is 0.268. The monoisotopic (exact) mass is 497 g/mol. The van der Waals surface area contributed by atoms with Gasteiger partial charge in [0.1, 0.15) is 6.61 Å². The van der Waals surface area contributed by atoms with Gasteiger partial charge in [0.2, 0.25) is 15.9 Å². The van der Waals surface area contributed by atoms with Crippen LogP contribution in [-0.2, 0) is 10.0 Å². The van der Waals surface area contributed by atoms with Gasteiger partial charge >= 0.3 is 0 Å². The van der Waals surface area contributed by atoms with E-state index in [0.29, 0.717) is 34.4 Å². The maximum atomic E-state index is 12.7. The molecule has 2 aromatic heterocycles. The second kappa shape index (κ2) is 9.88. The van der Waals surface area contributed by atoms with Crippen LogP contribution in [0.4, 0.5) is 0 Å². The van der Waals surface area contributed by atoms with E-state index in [2.05, 4.69) is 20.0 Å². The van der Waals surface area contributed by atoms with Crippen molar-refractivity contribution in [2.24, 2.45) is 0 Å². The molecule has 0 saturated carbocycles. The fourth-order valence-electron chi connectivity index (χ4n) is 3.64. The van der Waals surface area contributed by atoms with Gasteiger partial charge in [0, 0.05) is 18.2 Å². The molecule has 0 saturated heterocycles. The first-order chi connectivity index (χ1) is 16.7. The van der Waals surface area contributed by atoms with E-state index >= 15 is 0 Å². The van der Waals surface area contributed by atoms with Crippen LogP contribution in [0.15, 0.2) is 47.4 Å². The number of ether oxygens (including phenoxy) is 3. The zero-order valence-corrected chi connectivity index (χ0v) is 21.0. The van der Waals surface area contributed by atoms with Crippen molar-refractivity contribution < 1.29 is 22.6 Å². The molecule has 0 fully saturated rings. The summed E-state index contributed by atoms with van der Waals surface area (Å²) in [5, 5.41) is 12.8. The molecule has 0 aliphatic heterocycles. The molecule has 2 aromatic carbocycles. The number of benzene rings is 2. The van der Waals surface area contributed by atoms with Crippen molar-refractivity contribution in [2.75, 3.05) is 27.4 Å². The number of aryl methyl sites for hydroxylation is 3. The quantitative estimate of drug-likeness (QED) is 0.351. The first-order valence-electron chi connectivity index (χ1n) is 10.9. The van der Waals surface area contributed by atoms with Crippen LogP contribution in [0.3, 0.4) is 0 Å². The summed E-state index contributed by atoms with van der Waals surface area (Å²) < 4.78 is 46.0. The molecule has 35 heavy (non-hydrogen) atoms. The molecule has 0 spiro atoms. The molecule has 4 rings (SSSR count). The van der Waals surface area contributed by atoms with Gasteiger partial charge < -0.3 is 14.2 Å². The summed E-state index contributed by atoms with van der Waals surface area (Å²) >= 11 is 0. The lowest BCUT2D eigenvalue weighted by Gasteiger charge is -2.12. The van der Waals surface area contributed by atoms with Gasteiger partial charge in [-0.3, -0.25) is 0 Å². The molecule has 0 amide bonds. The maximum Gasteiger partial charge on any atom is 0.240 e. The molecule has 4 aromatic rings. The second-order valence-electron chi connectivity index (χ2n) is 7.98. The molecule has 10 nitrogen and oxygen atoms in total. The normalized spacial score (nSPS) is 11.6. The van der Waals surface area contributed by atoms with E-state index < -0.39 is 10.0 Å². The van der Waals surface area contributed by atoms with Crippen LogP contribution < -0.4 is 18.9 Å². The molecule has 0 aliphatic rings. The number of sulfonamides is 1. The lowest BCUT2D eigenvalue weighted by atomic mass is 10.1. The maximum absolute atomic E-state index is 12.7. The third-order valence-corrected chi connectivity index (χ3v) is 7.21. The van der Waals surface area contributed by atoms with Crippen molar-refractivity contribution in [3.8, 4) is 28.8 Å². The molecule has 184 valence electrons. The summed E-state index contributed by atoms with van der Waals surface area (Å²) in [6.07, 6.45) is 0. The molecule has 0 radical (unpaired) electrons. The number of hydrogen-bond donors (Lipinski definition) is 1. The van der Waals surface area contributed by atoms with Gasteiger partial charge in [-0.1, -0.05) is 6.07 Å². The summed E-state index contributed by atoms with van der Waals surface area (Å²) in [5.41, 5.74) is 3.94. The summed E-state index contributed by atoms with van der Waals surface area (Å²) in [7, 11) is -0.537. The SMILES string of the molecule is COc1ccc(-c2nnc3ccc(OCCNS(=O)(=O)c4cc(C)c(C)cc4C)nn23)cc1OC. The number of nitrogens with one attached hydrogen (secondary N) is 1. The molecular formula is C24H27N5O5S. The third-order valence-electron chi connectivity index (χ3n) is 5.60. The zero-order chi connectivity index (χ0) is 25.2. The summed E-state index contributed by atoms with van der Waals surface area (Å²) in [6.45, 7) is 5.80. The minimum atomic E-state index is -3.66. The Labute approximate surface area is 203 Å². The molecule has 0 bridgehead atoms. The van der Waals surface area contributed by atoms with Crippen LogP contribution in [0.25, 0.3) is 17.0 Å². The predicted molar refractivity (Wildman–Crippen MR) is 131 cm³/mol. The van der Waals surface area contributed by atoms with Crippen molar-refractivity contribution in [3.05, 3.63) is 59.2 Å². The second-order valence-corrected chi connectivity index (χ2v) is 9.72. The van der Waals surface area contributed by atoms with E-state index in [-0.39, 0.29) is 18.0 Å². The highest BCUT2D eigenvalue weighted by molar-refractivity contribution is 7.89. The molecular weight excluding hydrogens is 470 g/mol. The van der Waals surface area contributed by atoms with Crippen molar-refractivity contribution >= 4 is 15.7 Å². The standard InChI is InChI=1S/C24H27N5O5S/c1-15-12-17(3)21(13-16(15)2)35(30,31)25-10-11-34-23-9-8-22-26-27-24(29(22)28-23)18-6-7-19(32-4)20(14-18)33-5/h6-9,12-14,25H,10-11H2,1-5H3. The number of methoxy groups -OCH3 is 2. The summed E-state index contributed by atoms with van der Waals surface area (Å²) in [5.74, 6) is 1.96. The Morgan fingerprint density at radius 3 is 2.37 bits per heavy atom. The topological polar surface area (TPSA) is 117 Å². The van der Waals surface area contributed by atoms with Crippen molar-refractivity contribution in [1.82, 2.24) is 24.5 Å². The molecule has 0 unspecified atom stereocenters. The number of nitrogens with zero attached hydrogens (tertiary/aromatic N) is 4. The number of fused-ring (bicyclic) bond motifs is 1. The minimum Gasteiger partial charge on any atom is -0.493 e. The average Bonchev–Trinajstić information content (AvgIpc) is 3.27. The van der Waals surface area contributed by atoms with Crippen molar-refractivity contribution in [2.45, 2.75) is 25.7 Å². The molecule has 11 heteroatoms. The number of aromatic nitrogens is 4. The smallest absolute Gasteiger partial charge is 0.240 e. The van der Waals surface area contributed by atoms with Crippen LogP contribution in [0, 0.1) is 20.8 Å². The first-order valence-corrected chi connectivity index (χ1v) is 12.4. The third kappa shape index (κ3) is 5.05. The van der Waals surface area contributed by atoms with E-state index in [1.54, 1.807) is 56.0 Å². The predicted octanol–water partition coefficient (Wildman–Crippen LogP) is 3.09. The Morgan fingerprint density at radius 2 is 1.63 bits per heavy atom. The van der Waals surface area contributed by atoms with Crippen molar-refractivity contribution in [1.29, 1.82) is 0 Å². The largest absolute Gasteiger partial charge is 0.493 e. The van der Waals surface area contributed by atoms with E-state index in [4.69, 9.17) is 14.2 Å². The number of rotatable bonds is 9. The summed E-state index contributed by atoms with van der Waals surface area (Å²) in [6, 6.07) is 12.3. The van der Waals surface area contributed by atoms with Crippen LogP contribution in [0.5, 0.6) is 17.4 Å². The highest BCUT2D eigenvalue weighted by Crippen LogP contribution is 2.31. The Balaban J connectivity index is 1.47. The highest BCUT2D eigenvalue weighted by Gasteiger charge is 2.18. The van der Waals surface area contributed by atoms with Gasteiger partial charge in [0.25, 0.3) is 0 Å². The molecule has 1 N–H and O–H groups in total. The van der Waals surface area contributed by atoms with Gasteiger partial charge in [-0.05, 0) is 67.8 Å². The molecule has 0 aliphatic carbocycles. The average molecular weight is 498 g/mol. The van der Waals surface area contributed by atoms with E-state index in [1.807, 2.05) is 26.0 Å². The van der Waals surface area contributed by atoms with E-state index in [0.717, 1.165) is 16.7 Å². The van der Waals surface area contributed by atoms with Gasteiger partial charge in [0.15, 0.2) is 23.0 Å². The van der Waals surface area contributed by atoms with Crippen LogP contribution in [-0.4, -0.2) is 55.6 Å². The minimum absolute atomic E-state index is 0.0825. The van der Waals surface area contributed by atoms with E-state index in [9.17, 15) is 8.42 Å². The first kappa shape index (κ1) is 24.4. The Hall–Kier alpha value is -3.70. The van der Waals surface area contributed by atoms with Crippen molar-refractivity contribution in [3.63, 3.8) is 0 Å². The fourth-order valence-corrected chi connectivity index (χ4v) is 4.96. The number of hydrogen-bond acceptors (Lipinski definition) is 8. The van der Waals surface area contributed by atoms with E-state index in [1.165, 1.54) is 0 Å². The Kier molecular flexibility index (Phi) is 6.90.